The number of hydrogen-bond donors (Lipinski definition) is 1. The molecule has 1 aromatic heterocycles. The van der Waals surface area contributed by atoms with Crippen LogP contribution >= 0.6 is 0 Å². The van der Waals surface area contributed by atoms with Crippen LogP contribution < -0.4 is 10.1 Å². The van der Waals surface area contributed by atoms with Gasteiger partial charge < -0.3 is 10.1 Å². The van der Waals surface area contributed by atoms with Gasteiger partial charge in [0, 0.05) is 24.7 Å². The van der Waals surface area contributed by atoms with Crippen LogP contribution in [0.5, 0.6) is 5.88 Å². The lowest BCUT2D eigenvalue weighted by molar-refractivity contribution is -0.122. The van der Waals surface area contributed by atoms with Crippen molar-refractivity contribution in [2.24, 2.45) is 11.8 Å². The molecule has 1 aromatic rings. The van der Waals surface area contributed by atoms with Gasteiger partial charge in [-0.05, 0) is 43.7 Å². The zero-order valence-corrected chi connectivity index (χ0v) is 12.6. The molecule has 0 unspecified atom stereocenters. The van der Waals surface area contributed by atoms with Crippen LogP contribution in [0.3, 0.4) is 0 Å². The molecule has 0 aromatic carbocycles. The van der Waals surface area contributed by atoms with Gasteiger partial charge >= 0.3 is 0 Å². The first-order chi connectivity index (χ1) is 9.54. The fourth-order valence-electron chi connectivity index (χ4n) is 2.22. The minimum Gasteiger partial charge on any atom is -0.475 e. The third-order valence-corrected chi connectivity index (χ3v) is 3.34. The normalized spacial score (nSPS) is 16.0. The quantitative estimate of drug-likeness (QED) is 0.833. The Morgan fingerprint density at radius 2 is 2.20 bits per heavy atom. The van der Waals surface area contributed by atoms with Crippen LogP contribution in [0, 0.1) is 11.8 Å². The number of pyridine rings is 1. The van der Waals surface area contributed by atoms with Crippen molar-refractivity contribution < 1.29 is 9.53 Å². The van der Waals surface area contributed by atoms with Crippen LogP contribution in [0.25, 0.3) is 0 Å². The first kappa shape index (κ1) is 14.8. The molecule has 0 aliphatic heterocycles. The Morgan fingerprint density at radius 3 is 2.85 bits per heavy atom. The number of carbonyl (C=O) groups is 1. The molecule has 0 radical (unpaired) electrons. The van der Waals surface area contributed by atoms with Crippen molar-refractivity contribution in [1.82, 2.24) is 10.3 Å². The van der Waals surface area contributed by atoms with Gasteiger partial charge in [-0.2, -0.15) is 0 Å². The second-order valence-corrected chi connectivity index (χ2v) is 6.05. The second kappa shape index (κ2) is 6.73. The van der Waals surface area contributed by atoms with Gasteiger partial charge in [0.1, 0.15) is 0 Å². The van der Waals surface area contributed by atoms with E-state index in [1.165, 1.54) is 0 Å². The molecule has 4 heteroatoms. The summed E-state index contributed by atoms with van der Waals surface area (Å²) < 4.78 is 5.81. The maximum atomic E-state index is 11.6. The highest BCUT2D eigenvalue weighted by atomic mass is 16.5. The van der Waals surface area contributed by atoms with Crippen molar-refractivity contribution in [2.75, 3.05) is 0 Å². The average molecular weight is 276 g/mol. The summed E-state index contributed by atoms with van der Waals surface area (Å²) in [7, 11) is 0. The number of hydrogen-bond acceptors (Lipinski definition) is 3. The number of ether oxygens (including phenoxy) is 1. The summed E-state index contributed by atoms with van der Waals surface area (Å²) in [5.41, 5.74) is 1.03. The molecule has 2 rings (SSSR count). The Kier molecular flexibility index (Phi) is 4.99. The molecule has 20 heavy (non-hydrogen) atoms. The van der Waals surface area contributed by atoms with Crippen LogP contribution in [0.1, 0.15) is 45.6 Å². The van der Waals surface area contributed by atoms with Gasteiger partial charge in [-0.25, -0.2) is 4.98 Å². The summed E-state index contributed by atoms with van der Waals surface area (Å²) in [6.07, 6.45) is 4.95. The zero-order valence-electron chi connectivity index (χ0n) is 12.6. The van der Waals surface area contributed by atoms with Crippen LogP contribution in [-0.4, -0.2) is 17.0 Å². The summed E-state index contributed by atoms with van der Waals surface area (Å²) in [6.45, 7) is 6.96. The smallest absolute Gasteiger partial charge is 0.223 e. The number of carbonyl (C=O) groups excluding carboxylic acids is 1. The third kappa shape index (κ3) is 4.83. The monoisotopic (exact) mass is 276 g/mol. The molecule has 1 fully saturated rings. The molecule has 0 saturated heterocycles. The predicted molar refractivity (Wildman–Crippen MR) is 78.4 cm³/mol. The van der Waals surface area contributed by atoms with Crippen LogP contribution in [-0.2, 0) is 11.3 Å². The third-order valence-electron chi connectivity index (χ3n) is 3.34. The number of nitrogens with zero attached hydrogens (tertiary/aromatic N) is 1. The molecule has 4 nitrogen and oxygen atoms in total. The molecule has 1 atom stereocenters. The van der Waals surface area contributed by atoms with Crippen molar-refractivity contribution in [2.45, 2.75) is 52.7 Å². The van der Waals surface area contributed by atoms with Gasteiger partial charge in [0.2, 0.25) is 11.8 Å². The topological polar surface area (TPSA) is 51.2 Å². The van der Waals surface area contributed by atoms with E-state index >= 15 is 0 Å². The summed E-state index contributed by atoms with van der Waals surface area (Å²) >= 11 is 0. The Labute approximate surface area is 120 Å². The summed E-state index contributed by atoms with van der Waals surface area (Å²) in [6, 6.07) is 3.82. The summed E-state index contributed by atoms with van der Waals surface area (Å²) in [4.78, 5) is 15.8. The predicted octanol–water partition coefficient (Wildman–Crippen LogP) is 2.92. The number of rotatable bonds is 7. The molecular weight excluding hydrogens is 252 g/mol. The number of nitrogens with one attached hydrogen (secondary N) is 1. The van der Waals surface area contributed by atoms with Gasteiger partial charge in [0.15, 0.2) is 0 Å². The van der Waals surface area contributed by atoms with E-state index in [2.05, 4.69) is 31.1 Å². The summed E-state index contributed by atoms with van der Waals surface area (Å²) in [5, 5.41) is 2.95. The highest BCUT2D eigenvalue weighted by molar-refractivity contribution is 5.80. The van der Waals surface area contributed by atoms with E-state index in [1.54, 1.807) is 6.20 Å². The lowest BCUT2D eigenvalue weighted by Gasteiger charge is -2.16. The number of aromatic nitrogens is 1. The molecule has 1 heterocycles. The molecule has 1 aliphatic carbocycles. The zero-order chi connectivity index (χ0) is 14.5. The van der Waals surface area contributed by atoms with E-state index in [0.717, 1.165) is 24.8 Å². The van der Waals surface area contributed by atoms with Crippen LogP contribution in [0.15, 0.2) is 18.3 Å². The van der Waals surface area contributed by atoms with Gasteiger partial charge in [-0.1, -0.05) is 13.8 Å². The van der Waals surface area contributed by atoms with Crippen molar-refractivity contribution in [3.8, 4) is 5.88 Å². The molecular formula is C16H24N2O2. The lowest BCUT2D eigenvalue weighted by atomic mass is 10.1. The highest BCUT2D eigenvalue weighted by Gasteiger charge is 2.29. The molecule has 1 N–H and O–H groups in total. The standard InChI is InChI=1S/C16H24N2O2/c1-11(2)8-12(3)20-15-9-13(6-7-17-15)10-18-16(19)14-4-5-14/h6-7,9,11-12,14H,4-5,8,10H2,1-3H3,(H,18,19)/t12-/m1/s1. The van der Waals surface area contributed by atoms with Crippen LogP contribution in [0.2, 0.25) is 0 Å². The van der Waals surface area contributed by atoms with E-state index in [0.29, 0.717) is 18.3 Å². The van der Waals surface area contributed by atoms with Crippen molar-refractivity contribution in [3.05, 3.63) is 23.9 Å². The van der Waals surface area contributed by atoms with Gasteiger partial charge in [-0.15, -0.1) is 0 Å². The Hall–Kier alpha value is -1.58. The molecule has 0 bridgehead atoms. The second-order valence-electron chi connectivity index (χ2n) is 6.05. The minimum absolute atomic E-state index is 0.152. The van der Waals surface area contributed by atoms with E-state index in [4.69, 9.17) is 4.74 Å². The Morgan fingerprint density at radius 1 is 1.45 bits per heavy atom. The minimum atomic E-state index is 0.152. The molecule has 0 spiro atoms. The molecule has 1 amide bonds. The average Bonchev–Trinajstić information content (AvgIpc) is 3.19. The van der Waals surface area contributed by atoms with E-state index in [-0.39, 0.29) is 17.9 Å². The Balaban J connectivity index is 1.84. The maximum Gasteiger partial charge on any atom is 0.223 e. The fraction of sp³-hybridized carbons (Fsp3) is 0.625. The van der Waals surface area contributed by atoms with Gasteiger partial charge in [0.05, 0.1) is 6.10 Å². The first-order valence-corrected chi connectivity index (χ1v) is 7.44. The van der Waals surface area contributed by atoms with Crippen molar-refractivity contribution in [3.63, 3.8) is 0 Å². The van der Waals surface area contributed by atoms with E-state index in [1.807, 2.05) is 12.1 Å². The molecule has 1 aliphatic rings. The lowest BCUT2D eigenvalue weighted by Crippen LogP contribution is -2.24. The van der Waals surface area contributed by atoms with E-state index in [9.17, 15) is 4.79 Å². The first-order valence-electron chi connectivity index (χ1n) is 7.44. The fourth-order valence-corrected chi connectivity index (χ4v) is 2.22. The maximum absolute atomic E-state index is 11.6. The summed E-state index contributed by atoms with van der Waals surface area (Å²) in [5.74, 6) is 1.65. The largest absolute Gasteiger partial charge is 0.475 e. The van der Waals surface area contributed by atoms with Crippen LogP contribution in [0.4, 0.5) is 0 Å². The highest BCUT2D eigenvalue weighted by Crippen LogP contribution is 2.28. The van der Waals surface area contributed by atoms with E-state index < -0.39 is 0 Å². The van der Waals surface area contributed by atoms with Crippen molar-refractivity contribution in [1.29, 1.82) is 0 Å². The van der Waals surface area contributed by atoms with Gasteiger partial charge in [0.25, 0.3) is 0 Å². The molecule has 1 saturated carbocycles. The molecule has 110 valence electrons. The van der Waals surface area contributed by atoms with Gasteiger partial charge in [-0.3, -0.25) is 4.79 Å². The Bertz CT molecular complexity index is 456. The SMILES string of the molecule is CC(C)C[C@@H](C)Oc1cc(CNC(=O)C2CC2)ccn1. The van der Waals surface area contributed by atoms with Crippen molar-refractivity contribution >= 4 is 5.91 Å². The number of amides is 1.